The van der Waals surface area contributed by atoms with Crippen LogP contribution < -0.4 is 4.90 Å². The zero-order chi connectivity index (χ0) is 18.8. The molecule has 0 aromatic carbocycles. The van der Waals surface area contributed by atoms with Crippen molar-refractivity contribution in [3.8, 4) is 0 Å². The fourth-order valence-corrected chi connectivity index (χ4v) is 3.76. The monoisotopic (exact) mass is 371 g/mol. The van der Waals surface area contributed by atoms with Crippen LogP contribution in [0.1, 0.15) is 21.7 Å². The maximum absolute atomic E-state index is 12.7. The number of anilines is 1. The number of aliphatic hydroxyl groups is 1. The highest BCUT2D eigenvalue weighted by Crippen LogP contribution is 2.26. The average molecular weight is 371 g/mol. The van der Waals surface area contributed by atoms with E-state index in [2.05, 4.69) is 15.2 Å². The summed E-state index contributed by atoms with van der Waals surface area (Å²) in [5.74, 6) is 0.826. The number of aromatic nitrogens is 3. The highest BCUT2D eigenvalue weighted by molar-refractivity contribution is 5.95. The largest absolute Gasteiger partial charge is 0.391 e. The number of carbonyl (C=O) groups excluding carboxylic acids is 1. The summed E-state index contributed by atoms with van der Waals surface area (Å²) in [6, 6.07) is 5.58. The number of pyridine rings is 1. The van der Waals surface area contributed by atoms with Crippen molar-refractivity contribution < 1.29 is 14.6 Å². The summed E-state index contributed by atoms with van der Waals surface area (Å²) >= 11 is 0. The molecular formula is C19H25N5O3. The number of aliphatic hydroxyl groups excluding tert-OH is 1. The van der Waals surface area contributed by atoms with Gasteiger partial charge in [0.2, 0.25) is 0 Å². The minimum Gasteiger partial charge on any atom is -0.391 e. The maximum Gasteiger partial charge on any atom is 0.254 e. The summed E-state index contributed by atoms with van der Waals surface area (Å²) in [4.78, 5) is 21.0. The van der Waals surface area contributed by atoms with Gasteiger partial charge in [-0.3, -0.25) is 9.89 Å². The normalized spacial score (nSPS) is 23.0. The number of carbonyl (C=O) groups is 1. The van der Waals surface area contributed by atoms with Crippen LogP contribution in [0.4, 0.5) is 5.82 Å². The highest BCUT2D eigenvalue weighted by atomic mass is 16.5. The van der Waals surface area contributed by atoms with E-state index in [1.165, 1.54) is 0 Å². The second-order valence-electron chi connectivity index (χ2n) is 7.29. The van der Waals surface area contributed by atoms with E-state index in [0.717, 1.165) is 17.2 Å². The third-order valence-corrected chi connectivity index (χ3v) is 5.25. The summed E-state index contributed by atoms with van der Waals surface area (Å²) in [7, 11) is 0. The van der Waals surface area contributed by atoms with Gasteiger partial charge >= 0.3 is 0 Å². The third kappa shape index (κ3) is 3.96. The summed E-state index contributed by atoms with van der Waals surface area (Å²) in [6.45, 7) is 5.56. The Morgan fingerprint density at radius 2 is 2.15 bits per heavy atom. The number of aromatic amines is 1. The van der Waals surface area contributed by atoms with Gasteiger partial charge in [0.15, 0.2) is 0 Å². The first-order chi connectivity index (χ1) is 13.1. The Bertz CT molecular complexity index is 802. The Morgan fingerprint density at radius 3 is 2.89 bits per heavy atom. The molecule has 0 saturated carbocycles. The molecule has 0 radical (unpaired) electrons. The van der Waals surface area contributed by atoms with Crippen molar-refractivity contribution in [3.63, 3.8) is 0 Å². The van der Waals surface area contributed by atoms with Crippen molar-refractivity contribution in [2.24, 2.45) is 5.92 Å². The summed E-state index contributed by atoms with van der Waals surface area (Å²) < 4.78 is 5.32. The second-order valence-corrected chi connectivity index (χ2v) is 7.29. The number of hydrogen-bond acceptors (Lipinski definition) is 6. The number of morpholine rings is 1. The fourth-order valence-electron chi connectivity index (χ4n) is 3.76. The van der Waals surface area contributed by atoms with Gasteiger partial charge in [-0.05, 0) is 31.5 Å². The van der Waals surface area contributed by atoms with E-state index in [-0.39, 0.29) is 11.8 Å². The Kier molecular flexibility index (Phi) is 5.09. The molecule has 8 heteroatoms. The number of rotatable bonds is 4. The lowest BCUT2D eigenvalue weighted by atomic mass is 10.0. The molecule has 0 unspecified atom stereocenters. The van der Waals surface area contributed by atoms with Crippen molar-refractivity contribution in [2.45, 2.75) is 19.4 Å². The van der Waals surface area contributed by atoms with Gasteiger partial charge in [0.05, 0.1) is 25.0 Å². The van der Waals surface area contributed by atoms with Crippen molar-refractivity contribution in [1.82, 2.24) is 20.1 Å². The second kappa shape index (κ2) is 7.66. The molecule has 2 aliphatic heterocycles. The van der Waals surface area contributed by atoms with Crippen molar-refractivity contribution >= 4 is 11.7 Å². The molecule has 27 heavy (non-hydrogen) atoms. The van der Waals surface area contributed by atoms with Crippen molar-refractivity contribution in [2.75, 3.05) is 44.3 Å². The molecule has 8 nitrogen and oxygen atoms in total. The number of β-amino-alcohol motifs (C(OH)–C–C–N with tert-alkyl or cyclic N) is 1. The van der Waals surface area contributed by atoms with Crippen LogP contribution in [-0.4, -0.2) is 76.6 Å². The van der Waals surface area contributed by atoms with Crippen LogP contribution >= 0.6 is 0 Å². The van der Waals surface area contributed by atoms with Gasteiger partial charge in [-0.15, -0.1) is 0 Å². The molecule has 2 saturated heterocycles. The van der Waals surface area contributed by atoms with E-state index in [1.54, 1.807) is 12.3 Å². The van der Waals surface area contributed by atoms with E-state index >= 15 is 0 Å². The van der Waals surface area contributed by atoms with E-state index in [0.29, 0.717) is 51.4 Å². The Balaban J connectivity index is 1.45. The quantitative estimate of drug-likeness (QED) is 0.819. The number of ether oxygens (including phenoxy) is 1. The number of aryl methyl sites for hydroxylation is 1. The van der Waals surface area contributed by atoms with E-state index < -0.39 is 6.10 Å². The van der Waals surface area contributed by atoms with Gasteiger partial charge in [-0.25, -0.2) is 4.98 Å². The molecule has 4 heterocycles. The summed E-state index contributed by atoms with van der Waals surface area (Å²) in [5.41, 5.74) is 2.61. The zero-order valence-corrected chi connectivity index (χ0v) is 15.5. The minimum atomic E-state index is -0.442. The molecule has 2 N–H and O–H groups in total. The predicted octanol–water partition coefficient (Wildman–Crippen LogP) is 0.625. The first kappa shape index (κ1) is 17.9. The smallest absolute Gasteiger partial charge is 0.254 e. The molecule has 0 aliphatic carbocycles. The number of amides is 1. The number of H-pyrrole nitrogens is 1. The molecule has 4 rings (SSSR count). The molecule has 1 amide bonds. The first-order valence-corrected chi connectivity index (χ1v) is 9.37. The summed E-state index contributed by atoms with van der Waals surface area (Å²) in [5, 5.41) is 17.7. The van der Waals surface area contributed by atoms with Crippen LogP contribution in [0.15, 0.2) is 24.4 Å². The van der Waals surface area contributed by atoms with Crippen LogP contribution in [-0.2, 0) is 11.2 Å². The van der Waals surface area contributed by atoms with Gasteiger partial charge in [-0.1, -0.05) is 0 Å². The molecule has 2 aromatic rings. The van der Waals surface area contributed by atoms with Gasteiger partial charge in [0.25, 0.3) is 5.91 Å². The van der Waals surface area contributed by atoms with E-state index in [1.807, 2.05) is 28.9 Å². The van der Waals surface area contributed by atoms with Crippen molar-refractivity contribution in [1.29, 1.82) is 0 Å². The van der Waals surface area contributed by atoms with Gasteiger partial charge in [0.1, 0.15) is 5.82 Å². The van der Waals surface area contributed by atoms with Gasteiger partial charge in [0, 0.05) is 49.6 Å². The van der Waals surface area contributed by atoms with Crippen LogP contribution in [0.3, 0.4) is 0 Å². The summed E-state index contributed by atoms with van der Waals surface area (Å²) in [6.07, 6.45) is 1.94. The number of hydrogen-bond donors (Lipinski definition) is 2. The van der Waals surface area contributed by atoms with Crippen LogP contribution in [0.25, 0.3) is 0 Å². The lowest BCUT2D eigenvalue weighted by Crippen LogP contribution is -2.40. The first-order valence-electron chi connectivity index (χ1n) is 9.37. The van der Waals surface area contributed by atoms with Crippen LogP contribution in [0, 0.1) is 12.8 Å². The van der Waals surface area contributed by atoms with Crippen molar-refractivity contribution in [3.05, 3.63) is 41.3 Å². The molecule has 2 fully saturated rings. The molecular weight excluding hydrogens is 346 g/mol. The Morgan fingerprint density at radius 1 is 1.33 bits per heavy atom. The van der Waals surface area contributed by atoms with Crippen LogP contribution in [0.2, 0.25) is 0 Å². The molecule has 0 spiro atoms. The Hall–Kier alpha value is -2.45. The zero-order valence-electron chi connectivity index (χ0n) is 15.5. The molecule has 2 aromatic heterocycles. The molecule has 144 valence electrons. The Labute approximate surface area is 158 Å². The fraction of sp³-hybridized carbons (Fsp3) is 0.526. The molecule has 2 aliphatic rings. The van der Waals surface area contributed by atoms with Gasteiger partial charge < -0.3 is 19.6 Å². The SMILES string of the molecule is Cc1cc(C[C@@H]2CN(c3cc(C(=O)N4CCOCC4)ccn3)C[C@@H]2O)n[nH]1. The topological polar surface area (TPSA) is 94.6 Å². The van der Waals surface area contributed by atoms with Gasteiger partial charge in [-0.2, -0.15) is 5.10 Å². The highest BCUT2D eigenvalue weighted by Gasteiger charge is 2.33. The van der Waals surface area contributed by atoms with Crippen LogP contribution in [0.5, 0.6) is 0 Å². The average Bonchev–Trinajstić information content (AvgIpc) is 3.28. The van der Waals surface area contributed by atoms with E-state index in [4.69, 9.17) is 4.74 Å². The van der Waals surface area contributed by atoms with E-state index in [9.17, 15) is 9.90 Å². The predicted molar refractivity (Wildman–Crippen MR) is 99.7 cm³/mol. The lowest BCUT2D eigenvalue weighted by Gasteiger charge is -2.27. The number of nitrogens with zero attached hydrogens (tertiary/aromatic N) is 4. The standard InChI is InChI=1S/C19H25N5O3/c1-13-8-16(22-21-13)9-15-11-24(12-17(15)25)18-10-14(2-3-20-18)19(26)23-4-6-27-7-5-23/h2-3,8,10,15,17,25H,4-7,9,11-12H2,1H3,(H,21,22)/t15-,17+/m1/s1. The number of nitrogens with one attached hydrogen (secondary N) is 1. The minimum absolute atomic E-state index is 0.00485. The lowest BCUT2D eigenvalue weighted by molar-refractivity contribution is 0.0303. The maximum atomic E-state index is 12.7. The molecule has 0 bridgehead atoms. The third-order valence-electron chi connectivity index (χ3n) is 5.25. The molecule has 2 atom stereocenters.